The topological polar surface area (TPSA) is 49.4 Å². The Balaban J connectivity index is 1.65. The second-order valence-electron chi connectivity index (χ2n) is 4.89. The summed E-state index contributed by atoms with van der Waals surface area (Å²) in [5.41, 5.74) is 0. The van der Waals surface area contributed by atoms with Gasteiger partial charge in [-0.05, 0) is 47.3 Å². The Morgan fingerprint density at radius 2 is 2.11 bits per heavy atom. The SMILES string of the molecule is O=S(=O)(NC1CCN(C2CC2)C1)c1ccc(Br)s1. The minimum absolute atomic E-state index is 0.0662. The summed E-state index contributed by atoms with van der Waals surface area (Å²) >= 11 is 4.54. The van der Waals surface area contributed by atoms with Crippen molar-refractivity contribution in [2.75, 3.05) is 13.1 Å². The van der Waals surface area contributed by atoms with Gasteiger partial charge in [0.25, 0.3) is 0 Å². The van der Waals surface area contributed by atoms with Gasteiger partial charge in [0.2, 0.25) is 10.0 Å². The summed E-state index contributed by atoms with van der Waals surface area (Å²) in [7, 11) is -3.34. The highest BCUT2D eigenvalue weighted by Gasteiger charge is 2.35. The van der Waals surface area contributed by atoms with E-state index in [0.29, 0.717) is 4.21 Å². The average Bonchev–Trinajstić information content (AvgIpc) is 2.89. The van der Waals surface area contributed by atoms with Gasteiger partial charge in [-0.25, -0.2) is 13.1 Å². The molecule has 0 spiro atoms. The minimum Gasteiger partial charge on any atom is -0.299 e. The second kappa shape index (κ2) is 4.86. The molecule has 1 unspecified atom stereocenters. The predicted molar refractivity (Wildman–Crippen MR) is 75.3 cm³/mol. The molecule has 7 heteroatoms. The number of likely N-dealkylation sites (tertiary alicyclic amines) is 1. The first kappa shape index (κ1) is 13.1. The van der Waals surface area contributed by atoms with Crippen LogP contribution < -0.4 is 4.72 Å². The minimum atomic E-state index is -3.34. The average molecular weight is 351 g/mol. The van der Waals surface area contributed by atoms with Crippen LogP contribution in [0.3, 0.4) is 0 Å². The zero-order chi connectivity index (χ0) is 12.8. The first-order valence-electron chi connectivity index (χ1n) is 6.06. The van der Waals surface area contributed by atoms with Crippen molar-refractivity contribution in [1.82, 2.24) is 9.62 Å². The number of rotatable bonds is 4. The van der Waals surface area contributed by atoms with Gasteiger partial charge in [-0.15, -0.1) is 11.3 Å². The smallest absolute Gasteiger partial charge is 0.250 e. The third kappa shape index (κ3) is 2.80. The molecule has 1 aromatic rings. The molecule has 0 amide bonds. The van der Waals surface area contributed by atoms with Gasteiger partial charge < -0.3 is 0 Å². The maximum Gasteiger partial charge on any atom is 0.250 e. The second-order valence-corrected chi connectivity index (χ2v) is 9.30. The molecular weight excluding hydrogens is 336 g/mol. The number of nitrogens with zero attached hydrogens (tertiary/aromatic N) is 1. The quantitative estimate of drug-likeness (QED) is 0.903. The molecule has 0 radical (unpaired) electrons. The normalized spacial score (nSPS) is 25.7. The van der Waals surface area contributed by atoms with Crippen molar-refractivity contribution >= 4 is 37.3 Å². The van der Waals surface area contributed by atoms with E-state index in [2.05, 4.69) is 25.6 Å². The molecule has 100 valence electrons. The van der Waals surface area contributed by atoms with Crippen LogP contribution in [0.2, 0.25) is 0 Å². The standard InChI is InChI=1S/C11H15BrN2O2S2/c12-10-3-4-11(17-10)18(15,16)13-8-5-6-14(7-8)9-1-2-9/h3-4,8-9,13H,1-2,5-7H2. The Kier molecular flexibility index (Phi) is 3.53. The lowest BCUT2D eigenvalue weighted by Gasteiger charge is -2.15. The van der Waals surface area contributed by atoms with Gasteiger partial charge in [0.15, 0.2) is 0 Å². The van der Waals surface area contributed by atoms with E-state index >= 15 is 0 Å². The fourth-order valence-electron chi connectivity index (χ4n) is 2.37. The fourth-order valence-corrected chi connectivity index (χ4v) is 5.66. The van der Waals surface area contributed by atoms with Crippen molar-refractivity contribution in [2.24, 2.45) is 0 Å². The highest BCUT2D eigenvalue weighted by molar-refractivity contribution is 9.11. The molecule has 1 aliphatic carbocycles. The molecule has 1 atom stereocenters. The van der Waals surface area contributed by atoms with E-state index in [1.165, 1.54) is 24.2 Å². The number of sulfonamides is 1. The molecule has 0 aromatic carbocycles. The molecule has 1 saturated carbocycles. The first-order chi connectivity index (χ1) is 8.54. The third-order valence-corrected chi connectivity index (χ3v) is 7.05. The summed E-state index contributed by atoms with van der Waals surface area (Å²) in [6.45, 7) is 1.88. The van der Waals surface area contributed by atoms with E-state index in [4.69, 9.17) is 0 Å². The van der Waals surface area contributed by atoms with Crippen molar-refractivity contribution in [2.45, 2.75) is 35.6 Å². The number of hydrogen-bond donors (Lipinski definition) is 1. The predicted octanol–water partition coefficient (Wildman–Crippen LogP) is 2.03. The lowest BCUT2D eigenvalue weighted by molar-refractivity contribution is 0.322. The zero-order valence-electron chi connectivity index (χ0n) is 9.80. The molecule has 1 aromatic heterocycles. The third-order valence-electron chi connectivity index (χ3n) is 3.42. The largest absolute Gasteiger partial charge is 0.299 e. The zero-order valence-corrected chi connectivity index (χ0v) is 13.0. The molecule has 2 heterocycles. The van der Waals surface area contributed by atoms with Crippen molar-refractivity contribution in [3.05, 3.63) is 15.9 Å². The Bertz CT molecular complexity index is 539. The molecule has 1 aliphatic heterocycles. The van der Waals surface area contributed by atoms with Crippen molar-refractivity contribution in [1.29, 1.82) is 0 Å². The summed E-state index contributed by atoms with van der Waals surface area (Å²) < 4.78 is 28.4. The van der Waals surface area contributed by atoms with Crippen LogP contribution in [0.25, 0.3) is 0 Å². The Hall–Kier alpha value is 0.0500. The number of nitrogens with one attached hydrogen (secondary N) is 1. The van der Waals surface area contributed by atoms with E-state index in [9.17, 15) is 8.42 Å². The van der Waals surface area contributed by atoms with E-state index in [0.717, 1.165) is 29.3 Å². The molecule has 18 heavy (non-hydrogen) atoms. The van der Waals surface area contributed by atoms with Crippen LogP contribution in [0.5, 0.6) is 0 Å². The van der Waals surface area contributed by atoms with Crippen LogP contribution in [0.15, 0.2) is 20.1 Å². The monoisotopic (exact) mass is 350 g/mol. The van der Waals surface area contributed by atoms with Gasteiger partial charge in [0.05, 0.1) is 3.79 Å². The highest BCUT2D eigenvalue weighted by Crippen LogP contribution is 2.31. The molecule has 2 aliphatic rings. The van der Waals surface area contributed by atoms with E-state index in [1.807, 2.05) is 0 Å². The number of thiophene rings is 1. The Labute approximate surface area is 120 Å². The van der Waals surface area contributed by atoms with Crippen molar-refractivity contribution in [3.8, 4) is 0 Å². The lowest BCUT2D eigenvalue weighted by atomic mass is 10.3. The van der Waals surface area contributed by atoms with E-state index in [1.54, 1.807) is 12.1 Å². The van der Waals surface area contributed by atoms with Crippen molar-refractivity contribution < 1.29 is 8.42 Å². The summed E-state index contributed by atoms with van der Waals surface area (Å²) in [6.07, 6.45) is 3.47. The molecule has 0 bridgehead atoms. The molecule has 1 saturated heterocycles. The van der Waals surface area contributed by atoms with Crippen LogP contribution in [0, 0.1) is 0 Å². The molecule has 4 nitrogen and oxygen atoms in total. The Morgan fingerprint density at radius 1 is 1.33 bits per heavy atom. The molecule has 1 N–H and O–H groups in total. The summed E-state index contributed by atoms with van der Waals surface area (Å²) in [4.78, 5) is 2.40. The number of halogens is 1. The van der Waals surface area contributed by atoms with Gasteiger partial charge in [0, 0.05) is 25.2 Å². The number of hydrogen-bond acceptors (Lipinski definition) is 4. The van der Waals surface area contributed by atoms with Crippen LogP contribution in [-0.4, -0.2) is 38.5 Å². The molecule has 3 rings (SSSR count). The van der Waals surface area contributed by atoms with Crippen LogP contribution in [-0.2, 0) is 10.0 Å². The maximum atomic E-state index is 12.2. The molecule has 2 fully saturated rings. The maximum absolute atomic E-state index is 12.2. The van der Waals surface area contributed by atoms with E-state index in [-0.39, 0.29) is 6.04 Å². The molecular formula is C11H15BrN2O2S2. The summed E-state index contributed by atoms with van der Waals surface area (Å²) in [5, 5.41) is 0. The van der Waals surface area contributed by atoms with Gasteiger partial charge in [0.1, 0.15) is 4.21 Å². The van der Waals surface area contributed by atoms with Gasteiger partial charge in [-0.1, -0.05) is 0 Å². The van der Waals surface area contributed by atoms with Gasteiger partial charge in [-0.2, -0.15) is 0 Å². The van der Waals surface area contributed by atoms with Gasteiger partial charge >= 0.3 is 0 Å². The van der Waals surface area contributed by atoms with Crippen LogP contribution in [0.4, 0.5) is 0 Å². The van der Waals surface area contributed by atoms with Crippen molar-refractivity contribution in [3.63, 3.8) is 0 Å². The highest BCUT2D eigenvalue weighted by atomic mass is 79.9. The summed E-state index contributed by atoms with van der Waals surface area (Å²) in [5.74, 6) is 0. The summed E-state index contributed by atoms with van der Waals surface area (Å²) in [6, 6.07) is 4.20. The fraction of sp³-hybridized carbons (Fsp3) is 0.636. The Morgan fingerprint density at radius 3 is 2.72 bits per heavy atom. The van der Waals surface area contributed by atoms with Gasteiger partial charge in [-0.3, -0.25) is 4.90 Å². The van der Waals surface area contributed by atoms with Crippen LogP contribution >= 0.6 is 27.3 Å². The first-order valence-corrected chi connectivity index (χ1v) is 9.15. The van der Waals surface area contributed by atoms with E-state index < -0.39 is 10.0 Å². The van der Waals surface area contributed by atoms with Crippen LogP contribution in [0.1, 0.15) is 19.3 Å². The lowest BCUT2D eigenvalue weighted by Crippen LogP contribution is -2.37.